The van der Waals surface area contributed by atoms with Crippen molar-refractivity contribution < 1.29 is 28.2 Å². The number of ketones is 1. The maximum atomic E-state index is 13.8. The fourth-order valence-electron chi connectivity index (χ4n) is 2.33. The number of carbonyl (C=O) groups excluding carboxylic acids is 2. The molecule has 7 heteroatoms. The summed E-state index contributed by atoms with van der Waals surface area (Å²) in [5.41, 5.74) is 0.491. The van der Waals surface area contributed by atoms with Gasteiger partial charge in [-0.3, -0.25) is 9.59 Å². The van der Waals surface area contributed by atoms with Gasteiger partial charge >= 0.3 is 0 Å². The second-order valence-corrected chi connectivity index (χ2v) is 5.11. The zero-order valence-corrected chi connectivity index (χ0v) is 14.3. The highest BCUT2D eigenvalue weighted by Crippen LogP contribution is 2.33. The fraction of sp³-hybridized carbons (Fsp3) is 0.222. The number of carbonyl (C=O) groups is 2. The molecule has 0 aliphatic carbocycles. The highest BCUT2D eigenvalue weighted by Gasteiger charge is 2.19. The van der Waals surface area contributed by atoms with E-state index in [9.17, 15) is 14.0 Å². The van der Waals surface area contributed by atoms with Crippen LogP contribution in [-0.4, -0.2) is 33.0 Å². The first kappa shape index (κ1) is 18.3. The van der Waals surface area contributed by atoms with E-state index in [0.29, 0.717) is 5.75 Å². The number of benzene rings is 2. The summed E-state index contributed by atoms with van der Waals surface area (Å²) in [4.78, 5) is 24.4. The van der Waals surface area contributed by atoms with Gasteiger partial charge in [0.25, 0.3) is 5.91 Å². The van der Waals surface area contributed by atoms with Gasteiger partial charge in [-0.2, -0.15) is 0 Å². The second kappa shape index (κ2) is 7.65. The first-order valence-corrected chi connectivity index (χ1v) is 7.33. The Morgan fingerprint density at radius 1 is 0.960 bits per heavy atom. The van der Waals surface area contributed by atoms with E-state index < -0.39 is 11.7 Å². The van der Waals surface area contributed by atoms with E-state index in [1.54, 1.807) is 6.07 Å². The van der Waals surface area contributed by atoms with Gasteiger partial charge in [0.15, 0.2) is 17.3 Å². The van der Waals surface area contributed by atoms with Crippen molar-refractivity contribution >= 4 is 17.4 Å². The van der Waals surface area contributed by atoms with Gasteiger partial charge in [-0.25, -0.2) is 4.39 Å². The molecule has 0 saturated heterocycles. The Kier molecular flexibility index (Phi) is 5.59. The van der Waals surface area contributed by atoms with Crippen LogP contribution in [0.25, 0.3) is 0 Å². The zero-order chi connectivity index (χ0) is 18.6. The van der Waals surface area contributed by atoms with Crippen LogP contribution in [-0.2, 0) is 0 Å². The van der Waals surface area contributed by atoms with E-state index in [0.717, 1.165) is 6.07 Å². The summed E-state index contributed by atoms with van der Waals surface area (Å²) in [7, 11) is 4.19. The topological polar surface area (TPSA) is 73.9 Å². The third-order valence-electron chi connectivity index (χ3n) is 3.55. The van der Waals surface area contributed by atoms with Crippen LogP contribution in [0.15, 0.2) is 30.3 Å². The molecule has 2 aromatic rings. The maximum absolute atomic E-state index is 13.8. The van der Waals surface area contributed by atoms with Gasteiger partial charge in [0.1, 0.15) is 11.5 Å². The summed E-state index contributed by atoms with van der Waals surface area (Å²) in [5, 5.41) is 2.60. The number of nitrogens with one attached hydrogen (secondary N) is 1. The van der Waals surface area contributed by atoms with Crippen molar-refractivity contribution in [3.63, 3.8) is 0 Å². The molecule has 0 saturated carbocycles. The standard InChI is InChI=1S/C18H18FNO5/c1-10(21)17-14(8-12(23-2)9-16(17)25-4)20-18(22)11-5-6-15(24-3)13(19)7-11/h5-9H,1-4H3,(H,20,22). The fourth-order valence-corrected chi connectivity index (χ4v) is 2.33. The zero-order valence-electron chi connectivity index (χ0n) is 14.3. The van der Waals surface area contributed by atoms with E-state index in [2.05, 4.69) is 5.32 Å². The first-order valence-electron chi connectivity index (χ1n) is 7.33. The van der Waals surface area contributed by atoms with E-state index >= 15 is 0 Å². The highest BCUT2D eigenvalue weighted by atomic mass is 19.1. The van der Waals surface area contributed by atoms with Gasteiger partial charge in [-0.1, -0.05) is 0 Å². The monoisotopic (exact) mass is 347 g/mol. The largest absolute Gasteiger partial charge is 0.497 e. The summed E-state index contributed by atoms with van der Waals surface area (Å²) < 4.78 is 29.0. The Balaban J connectivity index is 2.43. The number of hydrogen-bond acceptors (Lipinski definition) is 5. The molecule has 0 bridgehead atoms. The summed E-state index contributed by atoms with van der Waals surface area (Å²) in [6.07, 6.45) is 0. The van der Waals surface area contributed by atoms with Gasteiger partial charge in [-0.05, 0) is 25.1 Å². The van der Waals surface area contributed by atoms with Crippen LogP contribution in [0.3, 0.4) is 0 Å². The van der Waals surface area contributed by atoms with Crippen LogP contribution in [0.4, 0.5) is 10.1 Å². The average Bonchev–Trinajstić information content (AvgIpc) is 2.60. The number of amides is 1. The van der Waals surface area contributed by atoms with Crippen molar-refractivity contribution in [3.05, 3.63) is 47.3 Å². The molecule has 6 nitrogen and oxygen atoms in total. The van der Waals surface area contributed by atoms with E-state index in [1.807, 2.05) is 0 Å². The summed E-state index contributed by atoms with van der Waals surface area (Å²) >= 11 is 0. The predicted octanol–water partition coefficient (Wildman–Crippen LogP) is 3.31. The van der Waals surface area contributed by atoms with Crippen LogP contribution in [0.1, 0.15) is 27.6 Å². The number of halogens is 1. The van der Waals surface area contributed by atoms with Crippen LogP contribution >= 0.6 is 0 Å². The Labute approximate surface area is 144 Å². The molecule has 132 valence electrons. The van der Waals surface area contributed by atoms with Crippen molar-refractivity contribution in [2.24, 2.45) is 0 Å². The Morgan fingerprint density at radius 2 is 1.64 bits per heavy atom. The lowest BCUT2D eigenvalue weighted by molar-refractivity contribution is 0.101. The molecule has 0 spiro atoms. The molecule has 0 aromatic heterocycles. The molecule has 0 aliphatic rings. The lowest BCUT2D eigenvalue weighted by Crippen LogP contribution is -2.15. The Morgan fingerprint density at radius 3 is 2.16 bits per heavy atom. The molecular weight excluding hydrogens is 329 g/mol. The second-order valence-electron chi connectivity index (χ2n) is 5.11. The third-order valence-corrected chi connectivity index (χ3v) is 3.55. The molecule has 2 aromatic carbocycles. The minimum atomic E-state index is -0.662. The van der Waals surface area contributed by atoms with Crippen molar-refractivity contribution in [2.45, 2.75) is 6.92 Å². The van der Waals surface area contributed by atoms with Crippen molar-refractivity contribution in [2.75, 3.05) is 26.6 Å². The summed E-state index contributed by atoms with van der Waals surface area (Å²) in [6, 6.07) is 6.86. The van der Waals surface area contributed by atoms with Crippen molar-refractivity contribution in [3.8, 4) is 17.2 Å². The van der Waals surface area contributed by atoms with Crippen LogP contribution in [0.2, 0.25) is 0 Å². The molecule has 2 rings (SSSR count). The van der Waals surface area contributed by atoms with Crippen LogP contribution in [0.5, 0.6) is 17.2 Å². The molecule has 0 aliphatic heterocycles. The SMILES string of the molecule is COc1cc(NC(=O)c2ccc(OC)c(F)c2)c(C(C)=O)c(OC)c1. The van der Waals surface area contributed by atoms with E-state index in [4.69, 9.17) is 14.2 Å². The van der Waals surface area contributed by atoms with Gasteiger partial charge in [-0.15, -0.1) is 0 Å². The van der Waals surface area contributed by atoms with E-state index in [1.165, 1.54) is 46.5 Å². The molecule has 25 heavy (non-hydrogen) atoms. The van der Waals surface area contributed by atoms with Gasteiger partial charge in [0.2, 0.25) is 0 Å². The predicted molar refractivity (Wildman–Crippen MR) is 90.5 cm³/mol. The van der Waals surface area contributed by atoms with Crippen molar-refractivity contribution in [1.29, 1.82) is 0 Å². The van der Waals surface area contributed by atoms with Gasteiger partial charge in [0.05, 0.1) is 32.6 Å². The number of rotatable bonds is 6. The molecule has 1 N–H and O–H groups in total. The highest BCUT2D eigenvalue weighted by molar-refractivity contribution is 6.10. The van der Waals surface area contributed by atoms with Crippen LogP contribution < -0.4 is 19.5 Å². The molecule has 0 atom stereocenters. The number of methoxy groups -OCH3 is 3. The molecule has 0 fully saturated rings. The van der Waals surface area contributed by atoms with E-state index in [-0.39, 0.29) is 34.1 Å². The summed E-state index contributed by atoms with van der Waals surface area (Å²) in [6.45, 7) is 1.35. The quantitative estimate of drug-likeness (QED) is 0.812. The molecule has 0 unspecified atom stereocenters. The van der Waals surface area contributed by atoms with Crippen molar-refractivity contribution in [1.82, 2.24) is 0 Å². The van der Waals surface area contributed by atoms with Crippen LogP contribution in [0, 0.1) is 5.82 Å². The lowest BCUT2D eigenvalue weighted by Gasteiger charge is -2.15. The minimum absolute atomic E-state index is 0.0315. The number of anilines is 1. The molecule has 0 radical (unpaired) electrons. The number of Topliss-reactive ketones (excluding diaryl/α,β-unsaturated/α-hetero) is 1. The third kappa shape index (κ3) is 3.88. The summed E-state index contributed by atoms with van der Waals surface area (Å²) in [5.74, 6) is -0.842. The average molecular weight is 347 g/mol. The first-order chi connectivity index (χ1) is 11.9. The van der Waals surface area contributed by atoms with Gasteiger partial charge in [0, 0.05) is 17.7 Å². The Hall–Kier alpha value is -3.09. The molecule has 0 heterocycles. The lowest BCUT2D eigenvalue weighted by atomic mass is 10.1. The smallest absolute Gasteiger partial charge is 0.255 e. The molecule has 1 amide bonds. The molecular formula is C18H18FNO5. The Bertz CT molecular complexity index is 819. The number of hydrogen-bond donors (Lipinski definition) is 1. The maximum Gasteiger partial charge on any atom is 0.255 e. The minimum Gasteiger partial charge on any atom is -0.497 e. The van der Waals surface area contributed by atoms with Gasteiger partial charge < -0.3 is 19.5 Å². The number of ether oxygens (including phenoxy) is 3. The normalized spacial score (nSPS) is 10.1.